The molecule has 0 radical (unpaired) electrons. The van der Waals surface area contributed by atoms with E-state index in [1.54, 1.807) is 4.90 Å². The van der Waals surface area contributed by atoms with E-state index in [9.17, 15) is 14.9 Å². The number of rotatable bonds is 3. The van der Waals surface area contributed by atoms with E-state index in [0.717, 1.165) is 12.8 Å². The fourth-order valence-corrected chi connectivity index (χ4v) is 2.41. The summed E-state index contributed by atoms with van der Waals surface area (Å²) in [6.45, 7) is 0.991. The number of piperidine rings is 1. The average molecular weight is 289 g/mol. The number of ether oxygens (including phenoxy) is 1. The minimum Gasteiger partial charge on any atom is -0.490 e. The van der Waals surface area contributed by atoms with Gasteiger partial charge in [0.2, 0.25) is 0 Å². The van der Waals surface area contributed by atoms with Gasteiger partial charge >= 0.3 is 5.69 Å². The van der Waals surface area contributed by atoms with Crippen molar-refractivity contribution in [3.05, 3.63) is 33.9 Å². The number of methoxy groups -OCH3 is 1. The molecule has 0 bridgehead atoms. The normalized spacial score (nSPS) is 17.9. The van der Waals surface area contributed by atoms with Gasteiger partial charge in [0.1, 0.15) is 0 Å². The molecular formula is C14H15N3O4. The van der Waals surface area contributed by atoms with Gasteiger partial charge in [-0.15, -0.1) is 0 Å². The molecule has 1 aromatic carbocycles. The number of nitrogens with zero attached hydrogens (tertiary/aromatic N) is 3. The molecular weight excluding hydrogens is 274 g/mol. The number of carbonyl (C=O) groups excluding carboxylic acids is 1. The van der Waals surface area contributed by atoms with Crippen LogP contribution >= 0.6 is 0 Å². The van der Waals surface area contributed by atoms with E-state index in [4.69, 9.17) is 10.00 Å². The van der Waals surface area contributed by atoms with Gasteiger partial charge in [0, 0.05) is 30.8 Å². The molecule has 1 aromatic rings. The van der Waals surface area contributed by atoms with Crippen molar-refractivity contribution in [1.82, 2.24) is 4.90 Å². The van der Waals surface area contributed by atoms with Crippen LogP contribution in [0, 0.1) is 27.4 Å². The zero-order valence-corrected chi connectivity index (χ0v) is 11.6. The number of likely N-dealkylation sites (tertiary alicyclic amines) is 1. The standard InChI is InChI=1S/C14H15N3O4/c1-21-13-7-11(4-5-12(13)17(19)20)14(18)16-6-2-3-10(8-15)9-16/h4-5,7,10H,2-3,6,9H2,1H3. The van der Waals surface area contributed by atoms with Crippen molar-refractivity contribution in [2.45, 2.75) is 12.8 Å². The maximum Gasteiger partial charge on any atom is 0.310 e. The SMILES string of the molecule is COc1cc(C(=O)N2CCCC(C#N)C2)ccc1[N+](=O)[O-]. The van der Waals surface area contributed by atoms with E-state index >= 15 is 0 Å². The van der Waals surface area contributed by atoms with E-state index in [2.05, 4.69) is 6.07 Å². The maximum absolute atomic E-state index is 12.4. The number of amides is 1. The summed E-state index contributed by atoms with van der Waals surface area (Å²) in [7, 11) is 1.32. The van der Waals surface area contributed by atoms with Gasteiger partial charge in [-0.1, -0.05) is 0 Å². The zero-order chi connectivity index (χ0) is 15.4. The molecule has 1 heterocycles. The molecule has 0 aromatic heterocycles. The van der Waals surface area contributed by atoms with Gasteiger partial charge in [-0.3, -0.25) is 14.9 Å². The second-order valence-corrected chi connectivity index (χ2v) is 4.86. The van der Waals surface area contributed by atoms with E-state index in [1.165, 1.54) is 25.3 Å². The lowest BCUT2D eigenvalue weighted by Crippen LogP contribution is -2.39. The zero-order valence-electron chi connectivity index (χ0n) is 11.6. The quantitative estimate of drug-likeness (QED) is 0.626. The minimum atomic E-state index is -0.556. The highest BCUT2D eigenvalue weighted by molar-refractivity contribution is 5.95. The first-order chi connectivity index (χ1) is 10.1. The van der Waals surface area contributed by atoms with Crippen LogP contribution in [-0.4, -0.2) is 35.9 Å². The molecule has 21 heavy (non-hydrogen) atoms. The first-order valence-corrected chi connectivity index (χ1v) is 6.58. The highest BCUT2D eigenvalue weighted by Crippen LogP contribution is 2.28. The predicted octanol–water partition coefficient (Wildman–Crippen LogP) is 1.98. The summed E-state index contributed by atoms with van der Waals surface area (Å²) in [5.74, 6) is -0.328. The van der Waals surface area contributed by atoms with Crippen LogP contribution < -0.4 is 4.74 Å². The molecule has 0 spiro atoms. The molecule has 1 aliphatic heterocycles. The third-order valence-electron chi connectivity index (χ3n) is 3.51. The number of nitro groups is 1. The Kier molecular flexibility index (Phi) is 4.38. The van der Waals surface area contributed by atoms with Crippen LogP contribution in [0.4, 0.5) is 5.69 Å². The molecule has 1 atom stereocenters. The monoisotopic (exact) mass is 289 g/mol. The van der Waals surface area contributed by atoms with E-state index in [-0.39, 0.29) is 23.3 Å². The van der Waals surface area contributed by atoms with Crippen molar-refractivity contribution in [1.29, 1.82) is 5.26 Å². The van der Waals surface area contributed by atoms with Gasteiger partial charge in [0.15, 0.2) is 5.75 Å². The molecule has 7 heteroatoms. The summed E-state index contributed by atoms with van der Waals surface area (Å²) in [6.07, 6.45) is 1.58. The topological polar surface area (TPSA) is 96.5 Å². The van der Waals surface area contributed by atoms with Crippen LogP contribution in [0.5, 0.6) is 5.75 Å². The molecule has 1 aliphatic rings. The van der Waals surface area contributed by atoms with Crippen molar-refractivity contribution in [2.24, 2.45) is 5.92 Å². The number of carbonyl (C=O) groups is 1. The third kappa shape index (κ3) is 3.11. The van der Waals surface area contributed by atoms with Gasteiger partial charge in [-0.05, 0) is 18.9 Å². The maximum atomic E-state index is 12.4. The molecule has 0 saturated carbocycles. The van der Waals surface area contributed by atoms with E-state index < -0.39 is 4.92 Å². The summed E-state index contributed by atoms with van der Waals surface area (Å²) in [6, 6.07) is 6.23. The fourth-order valence-electron chi connectivity index (χ4n) is 2.41. The Morgan fingerprint density at radius 2 is 2.33 bits per heavy atom. The molecule has 7 nitrogen and oxygen atoms in total. The van der Waals surface area contributed by atoms with Crippen LogP contribution in [0.15, 0.2) is 18.2 Å². The Labute approximate surface area is 121 Å². The van der Waals surface area contributed by atoms with Crippen molar-refractivity contribution < 1.29 is 14.5 Å². The third-order valence-corrected chi connectivity index (χ3v) is 3.51. The van der Waals surface area contributed by atoms with Crippen molar-refractivity contribution >= 4 is 11.6 Å². The van der Waals surface area contributed by atoms with Gasteiger partial charge < -0.3 is 9.64 Å². The van der Waals surface area contributed by atoms with Crippen LogP contribution in [0.3, 0.4) is 0 Å². The summed E-state index contributed by atoms with van der Waals surface area (Å²) < 4.78 is 4.96. The number of benzene rings is 1. The Hall–Kier alpha value is -2.62. The highest BCUT2D eigenvalue weighted by atomic mass is 16.6. The molecule has 110 valence electrons. The van der Waals surface area contributed by atoms with Crippen LogP contribution in [0.2, 0.25) is 0 Å². The second-order valence-electron chi connectivity index (χ2n) is 4.86. The lowest BCUT2D eigenvalue weighted by atomic mass is 9.99. The van der Waals surface area contributed by atoms with Gasteiger partial charge in [-0.2, -0.15) is 5.26 Å². The Balaban J connectivity index is 2.23. The largest absolute Gasteiger partial charge is 0.490 e. The van der Waals surface area contributed by atoms with Crippen LogP contribution in [0.25, 0.3) is 0 Å². The summed E-state index contributed by atoms with van der Waals surface area (Å²) >= 11 is 0. The lowest BCUT2D eigenvalue weighted by Gasteiger charge is -2.29. The van der Waals surface area contributed by atoms with Crippen LogP contribution in [-0.2, 0) is 0 Å². The average Bonchev–Trinajstić information content (AvgIpc) is 2.53. The summed E-state index contributed by atoms with van der Waals surface area (Å²) in [4.78, 5) is 24.3. The van der Waals surface area contributed by atoms with Gasteiger partial charge in [0.05, 0.1) is 24.0 Å². The fraction of sp³-hybridized carbons (Fsp3) is 0.429. The molecule has 1 unspecified atom stereocenters. The molecule has 1 saturated heterocycles. The number of nitro benzene ring substituents is 1. The lowest BCUT2D eigenvalue weighted by molar-refractivity contribution is -0.385. The second kappa shape index (κ2) is 6.22. The van der Waals surface area contributed by atoms with E-state index in [0.29, 0.717) is 18.7 Å². The van der Waals surface area contributed by atoms with Crippen molar-refractivity contribution in [3.8, 4) is 11.8 Å². The van der Waals surface area contributed by atoms with Crippen molar-refractivity contribution in [2.75, 3.05) is 20.2 Å². The molecule has 2 rings (SSSR count). The van der Waals surface area contributed by atoms with Crippen molar-refractivity contribution in [3.63, 3.8) is 0 Å². The summed E-state index contributed by atoms with van der Waals surface area (Å²) in [5.41, 5.74) is 0.152. The highest BCUT2D eigenvalue weighted by Gasteiger charge is 2.26. The van der Waals surface area contributed by atoms with Gasteiger partial charge in [0.25, 0.3) is 5.91 Å². The molecule has 0 N–H and O–H groups in total. The Morgan fingerprint density at radius 1 is 1.57 bits per heavy atom. The first-order valence-electron chi connectivity index (χ1n) is 6.58. The smallest absolute Gasteiger partial charge is 0.310 e. The number of hydrogen-bond donors (Lipinski definition) is 0. The number of nitriles is 1. The number of hydrogen-bond acceptors (Lipinski definition) is 5. The first kappa shape index (κ1) is 14.8. The minimum absolute atomic E-state index is 0.0553. The molecule has 1 amide bonds. The molecule has 1 fully saturated rings. The van der Waals surface area contributed by atoms with Crippen LogP contribution in [0.1, 0.15) is 23.2 Å². The summed E-state index contributed by atoms with van der Waals surface area (Å²) in [5, 5.41) is 19.8. The Morgan fingerprint density at radius 3 is 2.95 bits per heavy atom. The van der Waals surface area contributed by atoms with E-state index in [1.807, 2.05) is 0 Å². The Bertz CT molecular complexity index is 609. The molecule has 0 aliphatic carbocycles. The predicted molar refractivity (Wildman–Crippen MR) is 73.9 cm³/mol. The van der Waals surface area contributed by atoms with Gasteiger partial charge in [-0.25, -0.2) is 0 Å².